The Morgan fingerprint density at radius 1 is 1.19 bits per heavy atom. The third kappa shape index (κ3) is 2.40. The van der Waals surface area contributed by atoms with E-state index in [1.165, 1.54) is 19.3 Å². The highest BCUT2D eigenvalue weighted by atomic mass is 16.2. The first-order valence-electron chi connectivity index (χ1n) is 6.76. The molecule has 2 atom stereocenters. The lowest BCUT2D eigenvalue weighted by molar-refractivity contribution is -0.139. The van der Waals surface area contributed by atoms with Crippen LogP contribution in [0.3, 0.4) is 0 Å². The van der Waals surface area contributed by atoms with Crippen molar-refractivity contribution in [3.05, 3.63) is 0 Å². The maximum absolute atomic E-state index is 12.4. The molecule has 16 heavy (non-hydrogen) atoms. The lowest BCUT2D eigenvalue weighted by Gasteiger charge is -2.39. The van der Waals surface area contributed by atoms with Crippen LogP contribution in [0.5, 0.6) is 0 Å². The van der Waals surface area contributed by atoms with Gasteiger partial charge >= 0.3 is 0 Å². The summed E-state index contributed by atoms with van der Waals surface area (Å²) in [6, 6.07) is 0.410. The Morgan fingerprint density at radius 2 is 1.81 bits per heavy atom. The third-order valence-corrected chi connectivity index (χ3v) is 4.14. The molecule has 3 nitrogen and oxygen atoms in total. The van der Waals surface area contributed by atoms with E-state index < -0.39 is 0 Å². The Kier molecular flexibility index (Phi) is 3.85. The minimum absolute atomic E-state index is 0.116. The van der Waals surface area contributed by atoms with Crippen LogP contribution >= 0.6 is 0 Å². The van der Waals surface area contributed by atoms with Gasteiger partial charge in [0.1, 0.15) is 0 Å². The molecular formula is C13H24N2O. The largest absolute Gasteiger partial charge is 0.338 e. The van der Waals surface area contributed by atoms with Gasteiger partial charge in [0, 0.05) is 24.5 Å². The SMILES string of the molecule is CC(N)C1CCCCN1C(=O)C1CCCC1. The highest BCUT2D eigenvalue weighted by Gasteiger charge is 2.34. The molecule has 2 aliphatic rings. The monoisotopic (exact) mass is 224 g/mol. The first kappa shape index (κ1) is 11.9. The Bertz CT molecular complexity index is 246. The maximum atomic E-state index is 12.4. The molecular weight excluding hydrogens is 200 g/mol. The van der Waals surface area contributed by atoms with Crippen molar-refractivity contribution in [2.75, 3.05) is 6.54 Å². The fraction of sp³-hybridized carbons (Fsp3) is 0.923. The molecule has 0 bridgehead atoms. The van der Waals surface area contributed by atoms with Gasteiger partial charge in [0.2, 0.25) is 5.91 Å². The number of nitrogens with zero attached hydrogens (tertiary/aromatic N) is 1. The van der Waals surface area contributed by atoms with Crippen molar-refractivity contribution in [2.45, 2.75) is 64.0 Å². The van der Waals surface area contributed by atoms with Crippen molar-refractivity contribution < 1.29 is 4.79 Å². The van der Waals surface area contributed by atoms with E-state index in [1.54, 1.807) is 0 Å². The molecule has 1 amide bonds. The van der Waals surface area contributed by atoms with Crippen LogP contribution in [-0.4, -0.2) is 29.4 Å². The van der Waals surface area contributed by atoms with Crippen LogP contribution in [0.15, 0.2) is 0 Å². The Balaban J connectivity index is 2.01. The minimum Gasteiger partial charge on any atom is -0.338 e. The van der Waals surface area contributed by atoms with Gasteiger partial charge in [-0.25, -0.2) is 0 Å². The van der Waals surface area contributed by atoms with Crippen molar-refractivity contribution in [2.24, 2.45) is 11.7 Å². The van der Waals surface area contributed by atoms with Crippen LogP contribution in [0.2, 0.25) is 0 Å². The second-order valence-electron chi connectivity index (χ2n) is 5.44. The van der Waals surface area contributed by atoms with E-state index in [9.17, 15) is 4.79 Å². The summed E-state index contributed by atoms with van der Waals surface area (Å²) in [6.45, 7) is 2.96. The van der Waals surface area contributed by atoms with E-state index in [1.807, 2.05) is 6.92 Å². The quantitative estimate of drug-likeness (QED) is 0.778. The van der Waals surface area contributed by atoms with Crippen LogP contribution in [0.25, 0.3) is 0 Å². The van der Waals surface area contributed by atoms with Gasteiger partial charge in [0.25, 0.3) is 0 Å². The van der Waals surface area contributed by atoms with Gasteiger partial charge in [-0.1, -0.05) is 12.8 Å². The maximum Gasteiger partial charge on any atom is 0.225 e. The molecule has 0 aromatic carbocycles. The average molecular weight is 224 g/mol. The standard InChI is InChI=1S/C13H24N2O/c1-10(14)12-8-4-5-9-15(12)13(16)11-6-2-3-7-11/h10-12H,2-9,14H2,1H3. The summed E-state index contributed by atoms with van der Waals surface area (Å²) < 4.78 is 0. The predicted molar refractivity (Wildman–Crippen MR) is 65.0 cm³/mol. The molecule has 3 heteroatoms. The van der Waals surface area contributed by atoms with Gasteiger partial charge in [0.15, 0.2) is 0 Å². The summed E-state index contributed by atoms with van der Waals surface area (Å²) in [4.78, 5) is 14.5. The average Bonchev–Trinajstić information content (AvgIpc) is 2.81. The first-order chi connectivity index (χ1) is 7.70. The minimum atomic E-state index is 0.116. The number of hydrogen-bond donors (Lipinski definition) is 1. The van der Waals surface area contributed by atoms with Gasteiger partial charge in [0.05, 0.1) is 0 Å². The van der Waals surface area contributed by atoms with Crippen molar-refractivity contribution in [3.8, 4) is 0 Å². The van der Waals surface area contributed by atoms with Crippen LogP contribution in [0.1, 0.15) is 51.9 Å². The van der Waals surface area contributed by atoms with Crippen LogP contribution in [0, 0.1) is 5.92 Å². The van der Waals surface area contributed by atoms with Gasteiger partial charge in [-0.2, -0.15) is 0 Å². The van der Waals surface area contributed by atoms with Crippen molar-refractivity contribution in [1.29, 1.82) is 0 Å². The van der Waals surface area contributed by atoms with Crippen LogP contribution in [-0.2, 0) is 4.79 Å². The molecule has 2 unspecified atom stereocenters. The van der Waals surface area contributed by atoms with E-state index in [-0.39, 0.29) is 6.04 Å². The topological polar surface area (TPSA) is 46.3 Å². The second kappa shape index (κ2) is 5.17. The highest BCUT2D eigenvalue weighted by Crippen LogP contribution is 2.29. The van der Waals surface area contributed by atoms with Crippen molar-refractivity contribution in [3.63, 3.8) is 0 Å². The fourth-order valence-corrected chi connectivity index (χ4v) is 3.18. The van der Waals surface area contributed by atoms with E-state index in [4.69, 9.17) is 5.73 Å². The smallest absolute Gasteiger partial charge is 0.225 e. The summed E-state index contributed by atoms with van der Waals surface area (Å²) in [5, 5.41) is 0. The zero-order valence-corrected chi connectivity index (χ0v) is 10.3. The summed E-state index contributed by atoms with van der Waals surface area (Å²) in [5.41, 5.74) is 6.00. The number of amides is 1. The lowest BCUT2D eigenvalue weighted by atomic mass is 9.94. The molecule has 1 aliphatic heterocycles. The number of piperidine rings is 1. The zero-order valence-electron chi connectivity index (χ0n) is 10.3. The number of hydrogen-bond acceptors (Lipinski definition) is 2. The number of carbonyl (C=O) groups excluding carboxylic acids is 1. The van der Waals surface area contributed by atoms with Crippen molar-refractivity contribution >= 4 is 5.91 Å². The number of nitrogens with two attached hydrogens (primary N) is 1. The number of rotatable bonds is 2. The molecule has 2 fully saturated rings. The van der Waals surface area contributed by atoms with Gasteiger partial charge in [-0.15, -0.1) is 0 Å². The molecule has 1 aliphatic carbocycles. The summed E-state index contributed by atoms with van der Waals surface area (Å²) in [6.07, 6.45) is 8.13. The van der Waals surface area contributed by atoms with Gasteiger partial charge in [-0.3, -0.25) is 4.79 Å². The molecule has 0 aromatic heterocycles. The van der Waals surface area contributed by atoms with Crippen LogP contribution in [0.4, 0.5) is 0 Å². The molecule has 92 valence electrons. The molecule has 1 saturated heterocycles. The third-order valence-electron chi connectivity index (χ3n) is 4.14. The van der Waals surface area contributed by atoms with Crippen molar-refractivity contribution in [1.82, 2.24) is 4.90 Å². The molecule has 0 aromatic rings. The van der Waals surface area contributed by atoms with E-state index in [0.29, 0.717) is 17.9 Å². The Morgan fingerprint density at radius 3 is 2.44 bits per heavy atom. The van der Waals surface area contributed by atoms with E-state index in [2.05, 4.69) is 4.90 Å². The van der Waals surface area contributed by atoms with Crippen LogP contribution < -0.4 is 5.73 Å². The second-order valence-corrected chi connectivity index (χ2v) is 5.44. The Hall–Kier alpha value is -0.570. The van der Waals surface area contributed by atoms with E-state index >= 15 is 0 Å². The zero-order chi connectivity index (χ0) is 11.5. The molecule has 0 radical (unpaired) electrons. The predicted octanol–water partition coefficient (Wildman–Crippen LogP) is 1.90. The number of carbonyl (C=O) groups is 1. The first-order valence-corrected chi connectivity index (χ1v) is 6.76. The fourth-order valence-electron chi connectivity index (χ4n) is 3.18. The number of likely N-dealkylation sites (tertiary alicyclic amines) is 1. The molecule has 0 spiro atoms. The molecule has 2 N–H and O–H groups in total. The molecule has 1 saturated carbocycles. The van der Waals surface area contributed by atoms with Gasteiger partial charge < -0.3 is 10.6 Å². The van der Waals surface area contributed by atoms with Gasteiger partial charge in [-0.05, 0) is 39.0 Å². The Labute approximate surface area is 98.4 Å². The summed E-state index contributed by atoms with van der Waals surface area (Å²) in [7, 11) is 0. The molecule has 1 heterocycles. The van der Waals surface area contributed by atoms with E-state index in [0.717, 1.165) is 32.2 Å². The summed E-state index contributed by atoms with van der Waals surface area (Å²) >= 11 is 0. The normalized spacial score (nSPS) is 29.4. The molecule has 2 rings (SSSR count). The highest BCUT2D eigenvalue weighted by molar-refractivity contribution is 5.79. The lowest BCUT2D eigenvalue weighted by Crippen LogP contribution is -2.53. The summed E-state index contributed by atoms with van der Waals surface area (Å²) in [5.74, 6) is 0.693.